The molecule has 1 saturated carbocycles. The number of hydrogen-bond acceptors (Lipinski definition) is 5. The van der Waals surface area contributed by atoms with Crippen LogP contribution in [-0.4, -0.2) is 23.1 Å². The van der Waals surface area contributed by atoms with Crippen LogP contribution in [0.3, 0.4) is 0 Å². The van der Waals surface area contributed by atoms with Gasteiger partial charge in [-0.25, -0.2) is 8.42 Å². The molecule has 1 aliphatic carbocycles. The third-order valence-corrected chi connectivity index (χ3v) is 3.60. The minimum atomic E-state index is -4.13. The lowest BCUT2D eigenvalue weighted by Crippen LogP contribution is -2.00. The van der Waals surface area contributed by atoms with Crippen LogP contribution in [0.25, 0.3) is 0 Å². The Bertz CT molecular complexity index is 534. The van der Waals surface area contributed by atoms with Crippen molar-refractivity contribution in [3.8, 4) is 0 Å². The largest absolute Gasteiger partial charge is 0.410 e. The van der Waals surface area contributed by atoms with Crippen molar-refractivity contribution < 1.29 is 13.3 Å². The Morgan fingerprint density at radius 2 is 2.25 bits per heavy atom. The summed E-state index contributed by atoms with van der Waals surface area (Å²) in [6, 6.07) is 0. The molecule has 1 fully saturated rings. The fourth-order valence-corrected chi connectivity index (χ4v) is 2.26. The number of aromatic nitrogens is 2. The molecule has 0 atom stereocenters. The molecule has 0 aromatic carbocycles. The molecule has 2 rings (SSSR count). The first-order chi connectivity index (χ1) is 7.38. The lowest BCUT2D eigenvalue weighted by molar-refractivity contribution is -0.392. The third-order valence-electron chi connectivity index (χ3n) is 2.29. The maximum absolute atomic E-state index is 11.1. The number of hydrogen-bond donors (Lipinski definition) is 0. The molecule has 0 amide bonds. The smallest absolute Gasteiger partial charge is 0.358 e. The highest BCUT2D eigenvalue weighted by atomic mass is 35.7. The molecule has 0 radical (unpaired) electrons. The van der Waals surface area contributed by atoms with Gasteiger partial charge in [-0.3, -0.25) is 0 Å². The predicted octanol–water partition coefficient (Wildman–Crippen LogP) is 1.13. The van der Waals surface area contributed by atoms with Crippen LogP contribution in [0.1, 0.15) is 12.8 Å². The third kappa shape index (κ3) is 2.33. The average molecular weight is 266 g/mol. The lowest BCUT2D eigenvalue weighted by Gasteiger charge is -1.90. The van der Waals surface area contributed by atoms with E-state index in [1.807, 2.05) is 0 Å². The molecule has 0 spiro atoms. The Kier molecular flexibility index (Phi) is 2.62. The van der Waals surface area contributed by atoms with E-state index in [0.717, 1.165) is 19.0 Å². The SMILES string of the molecule is O=[N+]([O-])c1nn(CC2CC2)cc1S(=O)(=O)Cl. The highest BCUT2D eigenvalue weighted by molar-refractivity contribution is 8.13. The molecular weight excluding hydrogens is 258 g/mol. The van der Waals surface area contributed by atoms with Gasteiger partial charge in [0.2, 0.25) is 4.90 Å². The van der Waals surface area contributed by atoms with Crippen LogP contribution < -0.4 is 0 Å². The number of rotatable bonds is 4. The van der Waals surface area contributed by atoms with Crippen LogP contribution >= 0.6 is 10.7 Å². The van der Waals surface area contributed by atoms with Crippen LogP contribution in [0.5, 0.6) is 0 Å². The van der Waals surface area contributed by atoms with Crippen molar-refractivity contribution in [3.63, 3.8) is 0 Å². The van der Waals surface area contributed by atoms with Gasteiger partial charge in [-0.15, -0.1) is 0 Å². The van der Waals surface area contributed by atoms with Gasteiger partial charge < -0.3 is 10.1 Å². The molecule has 1 aromatic heterocycles. The number of nitro groups is 1. The number of halogens is 1. The standard InChI is InChI=1S/C7H8ClN3O4S/c8-16(14,15)6-4-10(3-5-1-2-5)9-7(6)11(12)13/h4-5H,1-3H2. The Morgan fingerprint density at radius 3 is 2.62 bits per heavy atom. The minimum Gasteiger partial charge on any atom is -0.358 e. The molecule has 16 heavy (non-hydrogen) atoms. The Balaban J connectivity index is 2.40. The summed E-state index contributed by atoms with van der Waals surface area (Å²) in [5.41, 5.74) is 0. The fraction of sp³-hybridized carbons (Fsp3) is 0.571. The first kappa shape index (κ1) is 11.3. The summed E-state index contributed by atoms with van der Waals surface area (Å²) in [7, 11) is 0.962. The second kappa shape index (κ2) is 3.70. The zero-order valence-corrected chi connectivity index (χ0v) is 9.61. The first-order valence-corrected chi connectivity index (χ1v) is 6.85. The van der Waals surface area contributed by atoms with Crippen molar-refractivity contribution in [2.45, 2.75) is 24.3 Å². The van der Waals surface area contributed by atoms with Crippen molar-refractivity contribution in [1.29, 1.82) is 0 Å². The molecule has 0 N–H and O–H groups in total. The predicted molar refractivity (Wildman–Crippen MR) is 54.6 cm³/mol. The summed E-state index contributed by atoms with van der Waals surface area (Å²) in [6.07, 6.45) is 3.19. The molecule has 0 bridgehead atoms. The number of nitrogens with zero attached hydrogens (tertiary/aromatic N) is 3. The van der Waals surface area contributed by atoms with E-state index in [1.165, 1.54) is 4.68 Å². The molecule has 7 nitrogen and oxygen atoms in total. The van der Waals surface area contributed by atoms with Gasteiger partial charge >= 0.3 is 5.82 Å². The van der Waals surface area contributed by atoms with E-state index in [1.54, 1.807) is 0 Å². The molecule has 1 heterocycles. The van der Waals surface area contributed by atoms with Crippen molar-refractivity contribution in [2.24, 2.45) is 5.92 Å². The summed E-state index contributed by atoms with van der Waals surface area (Å²) in [4.78, 5) is 9.20. The topological polar surface area (TPSA) is 95.1 Å². The zero-order valence-electron chi connectivity index (χ0n) is 8.04. The fourth-order valence-electron chi connectivity index (χ4n) is 1.35. The highest BCUT2D eigenvalue weighted by Crippen LogP contribution is 2.32. The van der Waals surface area contributed by atoms with Gasteiger partial charge in [0.05, 0.1) is 17.8 Å². The summed E-state index contributed by atoms with van der Waals surface area (Å²) in [5.74, 6) is -0.277. The van der Waals surface area contributed by atoms with E-state index in [2.05, 4.69) is 5.10 Å². The lowest BCUT2D eigenvalue weighted by atomic mass is 10.4. The zero-order chi connectivity index (χ0) is 11.9. The van der Waals surface area contributed by atoms with E-state index in [0.29, 0.717) is 12.5 Å². The first-order valence-electron chi connectivity index (χ1n) is 4.54. The highest BCUT2D eigenvalue weighted by Gasteiger charge is 2.32. The van der Waals surface area contributed by atoms with E-state index in [4.69, 9.17) is 10.7 Å². The van der Waals surface area contributed by atoms with Gasteiger partial charge in [-0.1, -0.05) is 0 Å². The molecule has 88 valence electrons. The van der Waals surface area contributed by atoms with Crippen LogP contribution in [0.4, 0.5) is 5.82 Å². The van der Waals surface area contributed by atoms with Crippen molar-refractivity contribution in [2.75, 3.05) is 0 Å². The van der Waals surface area contributed by atoms with E-state index in [9.17, 15) is 18.5 Å². The molecular formula is C7H8ClN3O4S. The van der Waals surface area contributed by atoms with Crippen LogP contribution in [0, 0.1) is 16.0 Å². The van der Waals surface area contributed by atoms with Crippen LogP contribution in [-0.2, 0) is 15.6 Å². The molecule has 9 heteroatoms. The van der Waals surface area contributed by atoms with E-state index in [-0.39, 0.29) is 0 Å². The van der Waals surface area contributed by atoms with Crippen LogP contribution in [0.2, 0.25) is 0 Å². The summed E-state index contributed by atoms with van der Waals surface area (Å²) >= 11 is 0. The maximum atomic E-state index is 11.1. The Morgan fingerprint density at radius 1 is 1.62 bits per heavy atom. The summed E-state index contributed by atoms with van der Waals surface area (Å²) < 4.78 is 23.4. The Labute approximate surface area is 95.6 Å². The molecule has 1 aliphatic rings. The molecule has 0 aliphatic heterocycles. The Hall–Kier alpha value is -1.15. The second-order valence-electron chi connectivity index (χ2n) is 3.68. The summed E-state index contributed by atoms with van der Waals surface area (Å²) in [5, 5.41) is 14.2. The van der Waals surface area contributed by atoms with Crippen LogP contribution in [0.15, 0.2) is 11.1 Å². The molecule has 1 aromatic rings. The maximum Gasteiger partial charge on any atom is 0.410 e. The molecule has 0 unspecified atom stereocenters. The second-order valence-corrected chi connectivity index (χ2v) is 6.21. The van der Waals surface area contributed by atoms with Crippen molar-refractivity contribution in [3.05, 3.63) is 16.3 Å². The summed E-state index contributed by atoms with van der Waals surface area (Å²) in [6.45, 7) is 0.493. The quantitative estimate of drug-likeness (QED) is 0.462. The van der Waals surface area contributed by atoms with Crippen molar-refractivity contribution >= 4 is 25.6 Å². The van der Waals surface area contributed by atoms with Gasteiger partial charge in [-0.05, 0) is 23.7 Å². The normalized spacial score (nSPS) is 16.3. The van der Waals surface area contributed by atoms with Gasteiger partial charge in [-0.2, -0.15) is 4.68 Å². The van der Waals surface area contributed by atoms with E-state index < -0.39 is 24.7 Å². The minimum absolute atomic E-state index is 0.436. The molecule has 0 saturated heterocycles. The van der Waals surface area contributed by atoms with E-state index >= 15 is 0 Å². The van der Waals surface area contributed by atoms with Gasteiger partial charge in [0.1, 0.15) is 0 Å². The van der Waals surface area contributed by atoms with Crippen molar-refractivity contribution in [1.82, 2.24) is 9.78 Å². The average Bonchev–Trinajstić information content (AvgIpc) is 2.79. The monoisotopic (exact) mass is 265 g/mol. The van der Waals surface area contributed by atoms with Gasteiger partial charge in [0, 0.05) is 10.7 Å². The van der Waals surface area contributed by atoms with Gasteiger partial charge in [0.15, 0.2) is 0 Å². The van der Waals surface area contributed by atoms with Gasteiger partial charge in [0.25, 0.3) is 9.05 Å².